The standard InChI is InChI=1S/C60H36F2N4.2CH4/c61-38-26-28-46-50-32-30-48-44-21-8-11-24-53(44)65(58(48)57(50)63(55(46)35-38)40-15-3-1-4-16-40)42-19-13-14-37(34-42)43-20-7-10-23-52(43)66-54-25-12-9-22-45(54)49-31-33-51-47-29-27-39(62)36-56(47)64(59(51)60(49)66)41-17-5-2-6-18-41;;/h1-36H;2*1H4. The van der Waals surface area contributed by atoms with Gasteiger partial charge >= 0.3 is 0 Å². The Bertz CT molecular complexity index is 4300. The van der Waals surface area contributed by atoms with Crippen LogP contribution in [0.15, 0.2) is 218 Å². The molecule has 0 atom stereocenters. The molecule has 0 saturated carbocycles. The van der Waals surface area contributed by atoms with Gasteiger partial charge in [0.15, 0.2) is 0 Å². The normalized spacial score (nSPS) is 11.7. The molecule has 0 aliphatic rings. The van der Waals surface area contributed by atoms with E-state index in [2.05, 4.69) is 164 Å². The molecule has 68 heavy (non-hydrogen) atoms. The first kappa shape index (κ1) is 40.7. The van der Waals surface area contributed by atoms with Crippen molar-refractivity contribution in [1.29, 1.82) is 0 Å². The topological polar surface area (TPSA) is 19.7 Å². The zero-order valence-corrected chi connectivity index (χ0v) is 35.3. The first-order chi connectivity index (χ1) is 32.6. The molecule has 0 saturated heterocycles. The lowest BCUT2D eigenvalue weighted by molar-refractivity contribution is 0.629. The van der Waals surface area contributed by atoms with Crippen LogP contribution in [0.4, 0.5) is 8.78 Å². The summed E-state index contributed by atoms with van der Waals surface area (Å²) in [6.45, 7) is 0. The van der Waals surface area contributed by atoms with Gasteiger partial charge in [-0.3, -0.25) is 0 Å². The maximum absolute atomic E-state index is 15.2. The lowest BCUT2D eigenvalue weighted by Gasteiger charge is -2.17. The number of para-hydroxylation sites is 5. The van der Waals surface area contributed by atoms with Crippen molar-refractivity contribution in [1.82, 2.24) is 18.3 Å². The molecule has 326 valence electrons. The fraction of sp³-hybridized carbons (Fsp3) is 0.0323. The van der Waals surface area contributed by atoms with Gasteiger partial charge in [0, 0.05) is 65.7 Å². The molecule has 4 heterocycles. The lowest BCUT2D eigenvalue weighted by Crippen LogP contribution is -2.01. The highest BCUT2D eigenvalue weighted by atomic mass is 19.1. The smallest absolute Gasteiger partial charge is 0.125 e. The van der Waals surface area contributed by atoms with Crippen molar-refractivity contribution in [3.05, 3.63) is 230 Å². The highest BCUT2D eigenvalue weighted by Crippen LogP contribution is 2.45. The van der Waals surface area contributed by atoms with E-state index < -0.39 is 0 Å². The van der Waals surface area contributed by atoms with Gasteiger partial charge in [-0.25, -0.2) is 8.78 Å². The molecule has 0 aliphatic heterocycles. The molecule has 6 heteroatoms. The van der Waals surface area contributed by atoms with Gasteiger partial charge in [-0.05, 0) is 96.6 Å². The summed E-state index contributed by atoms with van der Waals surface area (Å²) >= 11 is 0. The van der Waals surface area contributed by atoms with Crippen LogP contribution >= 0.6 is 0 Å². The van der Waals surface area contributed by atoms with Crippen molar-refractivity contribution in [3.8, 4) is 33.9 Å². The van der Waals surface area contributed by atoms with E-state index in [9.17, 15) is 0 Å². The van der Waals surface area contributed by atoms with Crippen LogP contribution in [-0.2, 0) is 0 Å². The van der Waals surface area contributed by atoms with Crippen LogP contribution in [0.3, 0.4) is 0 Å². The summed E-state index contributed by atoms with van der Waals surface area (Å²) in [5.74, 6) is -0.547. The Labute approximate surface area is 391 Å². The molecule has 4 nitrogen and oxygen atoms in total. The van der Waals surface area contributed by atoms with Gasteiger partial charge in [0.05, 0.1) is 49.8 Å². The van der Waals surface area contributed by atoms with Gasteiger partial charge in [0.1, 0.15) is 11.6 Å². The number of nitrogens with zero attached hydrogens (tertiary/aromatic N) is 4. The quantitative estimate of drug-likeness (QED) is 0.164. The number of hydrogen-bond donors (Lipinski definition) is 0. The second-order valence-corrected chi connectivity index (χ2v) is 17.2. The number of hydrogen-bond acceptors (Lipinski definition) is 0. The molecular formula is C62H44F2N4. The van der Waals surface area contributed by atoms with Crippen LogP contribution in [0.25, 0.3) is 121 Å². The molecule has 0 radical (unpaired) electrons. The molecule has 14 aromatic rings. The van der Waals surface area contributed by atoms with E-state index in [0.717, 1.165) is 121 Å². The van der Waals surface area contributed by atoms with Crippen LogP contribution in [0.2, 0.25) is 0 Å². The van der Waals surface area contributed by atoms with Gasteiger partial charge in [-0.2, -0.15) is 0 Å². The van der Waals surface area contributed by atoms with Gasteiger partial charge in [0.25, 0.3) is 0 Å². The molecule has 10 aromatic carbocycles. The van der Waals surface area contributed by atoms with Crippen molar-refractivity contribution in [3.63, 3.8) is 0 Å². The predicted molar refractivity (Wildman–Crippen MR) is 283 cm³/mol. The van der Waals surface area contributed by atoms with E-state index in [1.807, 2.05) is 48.5 Å². The van der Waals surface area contributed by atoms with E-state index in [1.165, 1.54) is 0 Å². The minimum atomic E-state index is -0.274. The Morgan fingerprint density at radius 1 is 0.265 bits per heavy atom. The zero-order valence-electron chi connectivity index (χ0n) is 35.3. The van der Waals surface area contributed by atoms with Gasteiger partial charge < -0.3 is 18.3 Å². The minimum Gasteiger partial charge on any atom is -0.307 e. The summed E-state index contributed by atoms with van der Waals surface area (Å²) in [7, 11) is 0. The van der Waals surface area contributed by atoms with Crippen LogP contribution in [0, 0.1) is 11.6 Å². The van der Waals surface area contributed by atoms with Crippen molar-refractivity contribution in [2.45, 2.75) is 14.9 Å². The largest absolute Gasteiger partial charge is 0.307 e. The molecular weight excluding hydrogens is 839 g/mol. The summed E-state index contributed by atoms with van der Waals surface area (Å²) in [5, 5.41) is 8.60. The van der Waals surface area contributed by atoms with E-state index >= 15 is 8.78 Å². The fourth-order valence-electron chi connectivity index (χ4n) is 11.0. The number of benzene rings is 10. The lowest BCUT2D eigenvalue weighted by atomic mass is 10.0. The highest BCUT2D eigenvalue weighted by molar-refractivity contribution is 6.25. The monoisotopic (exact) mass is 882 g/mol. The molecule has 0 amide bonds. The Morgan fingerprint density at radius 3 is 1.18 bits per heavy atom. The third-order valence-electron chi connectivity index (χ3n) is 13.6. The average Bonchev–Trinajstić information content (AvgIpc) is 4.09. The number of fused-ring (bicyclic) bond motifs is 14. The second kappa shape index (κ2) is 15.4. The summed E-state index contributed by atoms with van der Waals surface area (Å²) in [6, 6.07) is 74.3. The van der Waals surface area contributed by atoms with Crippen molar-refractivity contribution < 1.29 is 8.78 Å². The number of rotatable bonds is 5. The second-order valence-electron chi connectivity index (χ2n) is 17.2. The maximum atomic E-state index is 15.2. The Balaban J connectivity index is 0.00000240. The Hall–Kier alpha value is -8.74. The summed E-state index contributed by atoms with van der Waals surface area (Å²) < 4.78 is 39.7. The Kier molecular flexibility index (Phi) is 9.25. The fourth-order valence-corrected chi connectivity index (χ4v) is 11.0. The first-order valence-electron chi connectivity index (χ1n) is 22.2. The van der Waals surface area contributed by atoms with Gasteiger partial charge in [0.2, 0.25) is 0 Å². The Morgan fingerprint density at radius 2 is 0.647 bits per heavy atom. The predicted octanol–water partition coefficient (Wildman–Crippen LogP) is 17.3. The molecule has 0 fully saturated rings. The summed E-state index contributed by atoms with van der Waals surface area (Å²) in [5.41, 5.74) is 14.0. The zero-order chi connectivity index (χ0) is 43.6. The molecule has 0 N–H and O–H groups in total. The van der Waals surface area contributed by atoms with Crippen LogP contribution in [0.5, 0.6) is 0 Å². The molecule has 14 rings (SSSR count). The number of halogens is 2. The number of aromatic nitrogens is 4. The first-order valence-corrected chi connectivity index (χ1v) is 22.2. The molecule has 0 aliphatic carbocycles. The average molecular weight is 883 g/mol. The third-order valence-corrected chi connectivity index (χ3v) is 13.6. The third kappa shape index (κ3) is 5.70. The van der Waals surface area contributed by atoms with Crippen molar-refractivity contribution >= 4 is 87.2 Å². The van der Waals surface area contributed by atoms with E-state index in [-0.39, 0.29) is 26.5 Å². The van der Waals surface area contributed by atoms with Crippen LogP contribution in [-0.4, -0.2) is 18.3 Å². The van der Waals surface area contributed by atoms with Gasteiger partial charge in [-0.1, -0.05) is 142 Å². The van der Waals surface area contributed by atoms with Crippen molar-refractivity contribution in [2.75, 3.05) is 0 Å². The molecule has 0 spiro atoms. The highest BCUT2D eigenvalue weighted by Gasteiger charge is 2.25. The maximum Gasteiger partial charge on any atom is 0.125 e. The van der Waals surface area contributed by atoms with Crippen molar-refractivity contribution in [2.24, 2.45) is 0 Å². The van der Waals surface area contributed by atoms with Gasteiger partial charge in [-0.15, -0.1) is 0 Å². The molecule has 0 unspecified atom stereocenters. The molecule has 0 bridgehead atoms. The van der Waals surface area contributed by atoms with E-state index in [0.29, 0.717) is 0 Å². The summed E-state index contributed by atoms with van der Waals surface area (Å²) in [4.78, 5) is 0. The van der Waals surface area contributed by atoms with Crippen LogP contribution < -0.4 is 0 Å². The van der Waals surface area contributed by atoms with Crippen LogP contribution in [0.1, 0.15) is 14.9 Å². The summed E-state index contributed by atoms with van der Waals surface area (Å²) in [6.07, 6.45) is 0. The van der Waals surface area contributed by atoms with E-state index in [1.54, 1.807) is 24.3 Å². The van der Waals surface area contributed by atoms with E-state index in [4.69, 9.17) is 0 Å². The SMILES string of the molecule is C.C.Fc1ccc2c3ccc4c5ccccc5n(-c5cccc(-c6ccccc6-n6c7ccccc7c7ccc8c9ccc(F)cc9n(-c9ccccc9)c8c76)c5)c4c3n(-c3ccccc3)c2c1. The molecule has 4 aromatic heterocycles. The minimum absolute atomic E-state index is 0.